The van der Waals surface area contributed by atoms with Crippen molar-refractivity contribution in [1.82, 2.24) is 5.32 Å². The van der Waals surface area contributed by atoms with Crippen molar-refractivity contribution in [3.63, 3.8) is 0 Å². The number of hydrogen-bond acceptors (Lipinski definition) is 4. The standard InChI is InChI=1S/C13H17NO4/c1-17-9-5-8(6-10(7-9)18-2)11-3-4-12(14-11)13(15)16/h5-7,11-12,14H,3-4H2,1-2H3,(H,15,16). The number of carbonyl (C=O) groups is 1. The van der Waals surface area contributed by atoms with E-state index in [9.17, 15) is 4.79 Å². The van der Waals surface area contributed by atoms with Gasteiger partial charge in [-0.3, -0.25) is 10.1 Å². The van der Waals surface area contributed by atoms with Gasteiger partial charge in [0.1, 0.15) is 17.5 Å². The van der Waals surface area contributed by atoms with Crippen LogP contribution in [0, 0.1) is 0 Å². The molecule has 1 aromatic carbocycles. The second kappa shape index (κ2) is 5.27. The van der Waals surface area contributed by atoms with E-state index >= 15 is 0 Å². The van der Waals surface area contributed by atoms with Crippen LogP contribution in [0.15, 0.2) is 18.2 Å². The first-order chi connectivity index (χ1) is 8.63. The summed E-state index contributed by atoms with van der Waals surface area (Å²) in [6.45, 7) is 0. The van der Waals surface area contributed by atoms with Gasteiger partial charge < -0.3 is 14.6 Å². The Morgan fingerprint density at radius 3 is 2.28 bits per heavy atom. The molecule has 2 unspecified atom stereocenters. The molecule has 0 amide bonds. The molecule has 5 nitrogen and oxygen atoms in total. The molecule has 1 saturated heterocycles. The van der Waals surface area contributed by atoms with Crippen LogP contribution in [-0.2, 0) is 4.79 Å². The zero-order valence-corrected chi connectivity index (χ0v) is 10.5. The smallest absolute Gasteiger partial charge is 0.320 e. The van der Waals surface area contributed by atoms with Crippen LogP contribution in [0.1, 0.15) is 24.4 Å². The van der Waals surface area contributed by atoms with Gasteiger partial charge in [0, 0.05) is 12.1 Å². The molecule has 18 heavy (non-hydrogen) atoms. The van der Waals surface area contributed by atoms with Gasteiger partial charge in [0.15, 0.2) is 0 Å². The number of nitrogens with one attached hydrogen (secondary N) is 1. The predicted octanol–water partition coefficient (Wildman–Crippen LogP) is 1.58. The Kier molecular flexibility index (Phi) is 3.72. The summed E-state index contributed by atoms with van der Waals surface area (Å²) in [5.74, 6) is 0.627. The van der Waals surface area contributed by atoms with Crippen molar-refractivity contribution >= 4 is 5.97 Å². The fraction of sp³-hybridized carbons (Fsp3) is 0.462. The van der Waals surface area contributed by atoms with E-state index in [0.717, 1.165) is 12.0 Å². The number of methoxy groups -OCH3 is 2. The number of hydrogen-bond donors (Lipinski definition) is 2. The van der Waals surface area contributed by atoms with Gasteiger partial charge in [-0.25, -0.2) is 0 Å². The molecule has 1 aliphatic rings. The third kappa shape index (κ3) is 2.56. The SMILES string of the molecule is COc1cc(OC)cc(C2CCC(C(=O)O)N2)c1. The maximum Gasteiger partial charge on any atom is 0.320 e. The molecule has 1 heterocycles. The van der Waals surface area contributed by atoms with E-state index in [1.165, 1.54) is 0 Å². The lowest BCUT2D eigenvalue weighted by Gasteiger charge is -2.15. The Hall–Kier alpha value is -1.75. The van der Waals surface area contributed by atoms with Crippen molar-refractivity contribution in [3.05, 3.63) is 23.8 Å². The van der Waals surface area contributed by atoms with Crippen molar-refractivity contribution in [2.75, 3.05) is 14.2 Å². The number of ether oxygens (including phenoxy) is 2. The highest BCUT2D eigenvalue weighted by Gasteiger charge is 2.30. The fourth-order valence-electron chi connectivity index (χ4n) is 2.23. The van der Waals surface area contributed by atoms with Gasteiger partial charge in [-0.2, -0.15) is 0 Å². The summed E-state index contributed by atoms with van der Waals surface area (Å²) in [7, 11) is 3.20. The van der Waals surface area contributed by atoms with Gasteiger partial charge in [-0.1, -0.05) is 0 Å². The Balaban J connectivity index is 2.20. The van der Waals surface area contributed by atoms with Gasteiger partial charge in [0.2, 0.25) is 0 Å². The van der Waals surface area contributed by atoms with Crippen molar-refractivity contribution < 1.29 is 19.4 Å². The normalized spacial score (nSPS) is 22.8. The van der Waals surface area contributed by atoms with Crippen LogP contribution in [-0.4, -0.2) is 31.3 Å². The molecule has 2 rings (SSSR count). The van der Waals surface area contributed by atoms with Gasteiger partial charge in [-0.15, -0.1) is 0 Å². The summed E-state index contributed by atoms with van der Waals surface area (Å²) in [6, 6.07) is 5.18. The minimum absolute atomic E-state index is 0.0371. The molecule has 1 fully saturated rings. The Bertz CT molecular complexity index is 424. The molecule has 0 spiro atoms. The molecule has 1 aromatic rings. The minimum atomic E-state index is -0.799. The van der Waals surface area contributed by atoms with Crippen molar-refractivity contribution in [2.45, 2.75) is 24.9 Å². The van der Waals surface area contributed by atoms with Crippen LogP contribution in [0.4, 0.5) is 0 Å². The molecule has 0 radical (unpaired) electrons. The van der Waals surface area contributed by atoms with Crippen molar-refractivity contribution in [3.8, 4) is 11.5 Å². The third-order valence-electron chi connectivity index (χ3n) is 3.22. The lowest BCUT2D eigenvalue weighted by atomic mass is 10.0. The summed E-state index contributed by atoms with van der Waals surface area (Å²) in [6.07, 6.45) is 1.44. The van der Waals surface area contributed by atoms with E-state index < -0.39 is 12.0 Å². The van der Waals surface area contributed by atoms with Gasteiger partial charge in [0.25, 0.3) is 0 Å². The minimum Gasteiger partial charge on any atom is -0.497 e. The van der Waals surface area contributed by atoms with Gasteiger partial charge >= 0.3 is 5.97 Å². The molecule has 98 valence electrons. The first kappa shape index (κ1) is 12.7. The van der Waals surface area contributed by atoms with Crippen LogP contribution in [0.2, 0.25) is 0 Å². The summed E-state index contributed by atoms with van der Waals surface area (Å²) in [4.78, 5) is 10.9. The average Bonchev–Trinajstić information content (AvgIpc) is 2.87. The molecule has 0 aromatic heterocycles. The van der Waals surface area contributed by atoms with Crippen molar-refractivity contribution in [1.29, 1.82) is 0 Å². The quantitative estimate of drug-likeness (QED) is 0.850. The number of aliphatic carboxylic acids is 1. The summed E-state index contributed by atoms with van der Waals surface area (Å²) in [5, 5.41) is 12.1. The van der Waals surface area contributed by atoms with E-state index in [1.54, 1.807) is 20.3 Å². The monoisotopic (exact) mass is 251 g/mol. The van der Waals surface area contributed by atoms with E-state index in [-0.39, 0.29) is 6.04 Å². The molecule has 0 aliphatic carbocycles. The Morgan fingerprint density at radius 2 is 1.83 bits per heavy atom. The highest BCUT2D eigenvalue weighted by Crippen LogP contribution is 2.32. The Labute approximate surface area is 106 Å². The van der Waals surface area contributed by atoms with E-state index in [2.05, 4.69) is 5.32 Å². The first-order valence-corrected chi connectivity index (χ1v) is 5.86. The maximum atomic E-state index is 10.9. The number of carboxylic acids is 1. The van der Waals surface area contributed by atoms with Crippen molar-refractivity contribution in [2.24, 2.45) is 0 Å². The number of rotatable bonds is 4. The molecule has 0 saturated carbocycles. The topological polar surface area (TPSA) is 67.8 Å². The molecule has 5 heteroatoms. The van der Waals surface area contributed by atoms with Crippen LogP contribution in [0.5, 0.6) is 11.5 Å². The molecular weight excluding hydrogens is 234 g/mol. The molecule has 2 N–H and O–H groups in total. The van der Waals surface area contributed by atoms with Crippen LogP contribution in [0.3, 0.4) is 0 Å². The number of carboxylic acid groups (broad SMARTS) is 1. The lowest BCUT2D eigenvalue weighted by molar-refractivity contribution is -0.139. The fourth-order valence-corrected chi connectivity index (χ4v) is 2.23. The van der Waals surface area contributed by atoms with E-state index in [4.69, 9.17) is 14.6 Å². The second-order valence-corrected chi connectivity index (χ2v) is 4.33. The average molecular weight is 251 g/mol. The van der Waals surface area contributed by atoms with Crippen LogP contribution < -0.4 is 14.8 Å². The van der Waals surface area contributed by atoms with Gasteiger partial charge in [-0.05, 0) is 30.5 Å². The summed E-state index contributed by atoms with van der Waals surface area (Å²) < 4.78 is 10.4. The summed E-state index contributed by atoms with van der Waals surface area (Å²) in [5.41, 5.74) is 0.995. The molecular formula is C13H17NO4. The predicted molar refractivity (Wildman–Crippen MR) is 66.1 cm³/mol. The first-order valence-electron chi connectivity index (χ1n) is 5.86. The highest BCUT2D eigenvalue weighted by atomic mass is 16.5. The molecule has 0 bridgehead atoms. The number of benzene rings is 1. The Morgan fingerprint density at radius 1 is 1.22 bits per heavy atom. The third-order valence-corrected chi connectivity index (χ3v) is 3.22. The lowest BCUT2D eigenvalue weighted by Crippen LogP contribution is -2.31. The maximum absolute atomic E-state index is 10.9. The molecule has 2 atom stereocenters. The highest BCUT2D eigenvalue weighted by molar-refractivity contribution is 5.74. The van der Waals surface area contributed by atoms with Crippen LogP contribution >= 0.6 is 0 Å². The van der Waals surface area contributed by atoms with E-state index in [1.807, 2.05) is 12.1 Å². The zero-order valence-electron chi connectivity index (χ0n) is 10.5. The van der Waals surface area contributed by atoms with Gasteiger partial charge in [0.05, 0.1) is 14.2 Å². The molecule has 1 aliphatic heterocycles. The summed E-state index contributed by atoms with van der Waals surface area (Å²) >= 11 is 0. The van der Waals surface area contributed by atoms with E-state index in [0.29, 0.717) is 17.9 Å². The second-order valence-electron chi connectivity index (χ2n) is 4.33. The zero-order chi connectivity index (χ0) is 13.1. The largest absolute Gasteiger partial charge is 0.497 e. The van der Waals surface area contributed by atoms with Crippen LogP contribution in [0.25, 0.3) is 0 Å².